The first-order chi connectivity index (χ1) is 11.7. The Balaban J connectivity index is 1.57. The molecule has 1 aromatic carbocycles. The van der Waals surface area contributed by atoms with Crippen LogP contribution in [0.15, 0.2) is 18.2 Å². The van der Waals surface area contributed by atoms with Gasteiger partial charge in [0.2, 0.25) is 5.82 Å². The normalized spacial score (nSPS) is 19.8. The van der Waals surface area contributed by atoms with Crippen LogP contribution in [0.25, 0.3) is 0 Å². The Morgan fingerprint density at radius 3 is 3.00 bits per heavy atom. The van der Waals surface area contributed by atoms with E-state index >= 15 is 0 Å². The van der Waals surface area contributed by atoms with E-state index in [1.165, 1.54) is 5.56 Å². The fourth-order valence-electron chi connectivity index (χ4n) is 3.67. The predicted molar refractivity (Wildman–Crippen MR) is 88.3 cm³/mol. The van der Waals surface area contributed by atoms with Crippen molar-refractivity contribution in [2.45, 2.75) is 45.9 Å². The highest BCUT2D eigenvalue weighted by atomic mass is 16.3. The largest absolute Gasteiger partial charge is 0.392 e. The Hall–Kier alpha value is -2.21. The molecule has 6 nitrogen and oxygen atoms in total. The van der Waals surface area contributed by atoms with Gasteiger partial charge in [0, 0.05) is 26.1 Å². The maximum absolute atomic E-state index is 12.9. The Labute approximate surface area is 141 Å². The van der Waals surface area contributed by atoms with Gasteiger partial charge in [-0.25, -0.2) is 0 Å². The number of carbonyl (C=O) groups is 1. The van der Waals surface area contributed by atoms with Gasteiger partial charge >= 0.3 is 0 Å². The predicted octanol–water partition coefficient (Wildman–Crippen LogP) is 1.55. The molecule has 2 aliphatic heterocycles. The number of carbonyl (C=O) groups excluding carboxylic acids is 1. The third kappa shape index (κ3) is 2.60. The molecule has 0 saturated heterocycles. The van der Waals surface area contributed by atoms with Crippen molar-refractivity contribution in [1.82, 2.24) is 19.7 Å². The molecule has 0 bridgehead atoms. The van der Waals surface area contributed by atoms with Crippen molar-refractivity contribution in [2.75, 3.05) is 6.54 Å². The van der Waals surface area contributed by atoms with E-state index < -0.39 is 0 Å². The molecule has 1 unspecified atom stereocenters. The van der Waals surface area contributed by atoms with Crippen molar-refractivity contribution in [2.24, 2.45) is 5.92 Å². The molecular weight excluding hydrogens is 304 g/mol. The van der Waals surface area contributed by atoms with Gasteiger partial charge in [-0.1, -0.05) is 25.1 Å². The summed E-state index contributed by atoms with van der Waals surface area (Å²) in [5, 5.41) is 17.6. The second kappa shape index (κ2) is 6.02. The third-order valence-corrected chi connectivity index (χ3v) is 5.13. The number of nitrogens with zero attached hydrogens (tertiary/aromatic N) is 4. The number of hydrogen-bond acceptors (Lipinski definition) is 4. The number of amides is 1. The minimum atomic E-state index is -0.0280. The Morgan fingerprint density at radius 2 is 2.17 bits per heavy atom. The minimum Gasteiger partial charge on any atom is -0.392 e. The van der Waals surface area contributed by atoms with Crippen molar-refractivity contribution >= 4 is 5.91 Å². The van der Waals surface area contributed by atoms with Crippen LogP contribution in [0.5, 0.6) is 0 Å². The number of fused-ring (bicyclic) bond motifs is 2. The van der Waals surface area contributed by atoms with Crippen molar-refractivity contribution in [3.63, 3.8) is 0 Å². The summed E-state index contributed by atoms with van der Waals surface area (Å²) < 4.78 is 2.00. The van der Waals surface area contributed by atoms with Gasteiger partial charge < -0.3 is 14.6 Å². The summed E-state index contributed by atoms with van der Waals surface area (Å²) in [5.74, 6) is 1.94. The zero-order valence-electron chi connectivity index (χ0n) is 13.9. The SMILES string of the molecule is CC1CCc2nnc(C(=O)N3CCc4cc(CO)ccc4C3)n2C1. The summed E-state index contributed by atoms with van der Waals surface area (Å²) in [5.41, 5.74) is 3.30. The molecule has 6 heteroatoms. The fourth-order valence-corrected chi connectivity index (χ4v) is 3.67. The standard InChI is InChI=1S/C18H22N4O2/c1-12-2-5-16-19-20-17(22(16)9-12)18(24)21-7-6-14-8-13(11-23)3-4-15(14)10-21/h3-4,8,12,23H,2,5-7,9-11H2,1H3. The molecule has 0 spiro atoms. The van der Waals surface area contributed by atoms with Crippen molar-refractivity contribution in [3.8, 4) is 0 Å². The van der Waals surface area contributed by atoms with Gasteiger partial charge in [0.1, 0.15) is 5.82 Å². The van der Waals surface area contributed by atoms with Crippen LogP contribution >= 0.6 is 0 Å². The zero-order valence-corrected chi connectivity index (χ0v) is 13.9. The smallest absolute Gasteiger partial charge is 0.292 e. The van der Waals surface area contributed by atoms with Crippen LogP contribution in [0.4, 0.5) is 0 Å². The van der Waals surface area contributed by atoms with Gasteiger partial charge in [-0.2, -0.15) is 0 Å². The first-order valence-electron chi connectivity index (χ1n) is 8.58. The molecule has 0 aliphatic carbocycles. The second-order valence-electron chi connectivity index (χ2n) is 6.93. The van der Waals surface area contributed by atoms with E-state index in [1.807, 2.05) is 27.7 Å². The highest BCUT2D eigenvalue weighted by Gasteiger charge is 2.29. The molecular formula is C18H22N4O2. The molecule has 0 radical (unpaired) electrons. The number of aromatic nitrogens is 3. The van der Waals surface area contributed by atoms with Gasteiger partial charge in [-0.3, -0.25) is 4.79 Å². The van der Waals surface area contributed by atoms with Crippen LogP contribution < -0.4 is 0 Å². The maximum Gasteiger partial charge on any atom is 0.292 e. The number of benzene rings is 1. The Bertz CT molecular complexity index is 783. The first-order valence-corrected chi connectivity index (χ1v) is 8.58. The van der Waals surface area contributed by atoms with Crippen molar-refractivity contribution < 1.29 is 9.90 Å². The van der Waals surface area contributed by atoms with Crippen LogP contribution in [0, 0.1) is 5.92 Å². The fraction of sp³-hybridized carbons (Fsp3) is 0.500. The van der Waals surface area contributed by atoms with E-state index in [0.717, 1.165) is 42.8 Å². The summed E-state index contributed by atoms with van der Waals surface area (Å²) in [6, 6.07) is 5.98. The third-order valence-electron chi connectivity index (χ3n) is 5.13. The molecule has 0 saturated carbocycles. The quantitative estimate of drug-likeness (QED) is 0.909. The average molecular weight is 326 g/mol. The molecule has 2 aliphatic rings. The topological polar surface area (TPSA) is 71.2 Å². The lowest BCUT2D eigenvalue weighted by atomic mass is 9.97. The number of aliphatic hydroxyl groups excluding tert-OH is 1. The molecule has 2 aromatic rings. The van der Waals surface area contributed by atoms with E-state index in [0.29, 0.717) is 24.8 Å². The molecule has 4 rings (SSSR count). The molecule has 126 valence electrons. The number of rotatable bonds is 2. The van der Waals surface area contributed by atoms with Crippen molar-refractivity contribution in [3.05, 3.63) is 46.5 Å². The molecule has 1 aromatic heterocycles. The highest BCUT2D eigenvalue weighted by Crippen LogP contribution is 2.24. The Kier molecular flexibility index (Phi) is 3.84. The van der Waals surface area contributed by atoms with E-state index in [1.54, 1.807) is 0 Å². The Morgan fingerprint density at radius 1 is 1.29 bits per heavy atom. The molecule has 24 heavy (non-hydrogen) atoms. The number of aliphatic hydroxyl groups is 1. The lowest BCUT2D eigenvalue weighted by Gasteiger charge is -2.29. The van der Waals surface area contributed by atoms with Gasteiger partial charge in [0.15, 0.2) is 0 Å². The van der Waals surface area contributed by atoms with Crippen LogP contribution in [-0.2, 0) is 32.5 Å². The van der Waals surface area contributed by atoms with E-state index in [2.05, 4.69) is 17.1 Å². The van der Waals surface area contributed by atoms with Crippen LogP contribution in [0.3, 0.4) is 0 Å². The summed E-state index contributed by atoms with van der Waals surface area (Å²) >= 11 is 0. The minimum absolute atomic E-state index is 0.0280. The summed E-state index contributed by atoms with van der Waals surface area (Å²) in [6.07, 6.45) is 2.82. The molecule has 0 fully saturated rings. The van der Waals surface area contributed by atoms with Gasteiger partial charge in [-0.05, 0) is 35.4 Å². The van der Waals surface area contributed by atoms with Crippen LogP contribution in [0.1, 0.15) is 46.5 Å². The van der Waals surface area contributed by atoms with Gasteiger partial charge in [-0.15, -0.1) is 10.2 Å². The van der Waals surface area contributed by atoms with E-state index in [9.17, 15) is 9.90 Å². The summed E-state index contributed by atoms with van der Waals surface area (Å²) in [4.78, 5) is 14.8. The summed E-state index contributed by atoms with van der Waals surface area (Å²) in [7, 11) is 0. The lowest BCUT2D eigenvalue weighted by Crippen LogP contribution is -2.38. The van der Waals surface area contributed by atoms with Gasteiger partial charge in [0.25, 0.3) is 5.91 Å². The second-order valence-corrected chi connectivity index (χ2v) is 6.93. The molecule has 1 N–H and O–H groups in total. The number of aryl methyl sites for hydroxylation is 1. The maximum atomic E-state index is 12.9. The van der Waals surface area contributed by atoms with Gasteiger partial charge in [0.05, 0.1) is 6.61 Å². The molecule has 1 atom stereocenters. The van der Waals surface area contributed by atoms with Crippen LogP contribution in [0.2, 0.25) is 0 Å². The average Bonchev–Trinajstić information content (AvgIpc) is 3.03. The van der Waals surface area contributed by atoms with Crippen LogP contribution in [-0.4, -0.2) is 37.2 Å². The van der Waals surface area contributed by atoms with Crippen molar-refractivity contribution in [1.29, 1.82) is 0 Å². The van der Waals surface area contributed by atoms with E-state index in [-0.39, 0.29) is 12.5 Å². The van der Waals surface area contributed by atoms with E-state index in [4.69, 9.17) is 0 Å². The number of hydrogen-bond donors (Lipinski definition) is 1. The monoisotopic (exact) mass is 326 g/mol. The lowest BCUT2D eigenvalue weighted by molar-refractivity contribution is 0.0714. The molecule has 3 heterocycles. The zero-order chi connectivity index (χ0) is 16.7. The summed E-state index contributed by atoms with van der Waals surface area (Å²) in [6.45, 7) is 4.36. The first kappa shape index (κ1) is 15.3. The highest BCUT2D eigenvalue weighted by molar-refractivity contribution is 5.91. The molecule has 1 amide bonds.